The average molecular weight is 321 g/mol. The van der Waals surface area contributed by atoms with Gasteiger partial charge in [0.15, 0.2) is 0 Å². The Kier molecular flexibility index (Phi) is 4.48. The van der Waals surface area contributed by atoms with Crippen LogP contribution in [0.2, 0.25) is 0 Å². The molecule has 1 aliphatic carbocycles. The van der Waals surface area contributed by atoms with Crippen LogP contribution in [0.15, 0.2) is 29.3 Å². The number of allylic oxidation sites excluding steroid dienone is 1. The summed E-state index contributed by atoms with van der Waals surface area (Å²) >= 11 is 0. The van der Waals surface area contributed by atoms with E-state index in [9.17, 15) is 18.7 Å². The van der Waals surface area contributed by atoms with Crippen LogP contribution in [-0.4, -0.2) is 28.6 Å². The quantitative estimate of drug-likeness (QED) is 0.847. The third-order valence-electron chi connectivity index (χ3n) is 4.92. The van der Waals surface area contributed by atoms with Crippen molar-refractivity contribution in [2.75, 3.05) is 6.54 Å². The molecule has 3 rings (SSSR count). The highest BCUT2D eigenvalue weighted by molar-refractivity contribution is 5.94. The first-order chi connectivity index (χ1) is 11.0. The van der Waals surface area contributed by atoms with Gasteiger partial charge >= 0.3 is 0 Å². The minimum atomic E-state index is -0.715. The molecule has 1 aliphatic heterocycles. The number of β-amino-alcohol motifs (C(OH)–C–C–N with tert-alkyl or cyclic N) is 1. The minimum absolute atomic E-state index is 0.138. The van der Waals surface area contributed by atoms with Crippen LogP contribution in [-0.2, 0) is 4.79 Å². The fourth-order valence-corrected chi connectivity index (χ4v) is 3.65. The van der Waals surface area contributed by atoms with Gasteiger partial charge in [0.1, 0.15) is 11.6 Å². The van der Waals surface area contributed by atoms with Crippen LogP contribution in [0.25, 0.3) is 0 Å². The van der Waals surface area contributed by atoms with E-state index < -0.39 is 23.8 Å². The molecule has 1 amide bonds. The molecule has 0 aromatic heterocycles. The highest BCUT2D eigenvalue weighted by atomic mass is 19.1. The van der Waals surface area contributed by atoms with Gasteiger partial charge in [0, 0.05) is 17.7 Å². The van der Waals surface area contributed by atoms with Gasteiger partial charge in [-0.05, 0) is 57.2 Å². The molecule has 1 heterocycles. The molecule has 0 spiro atoms. The SMILES string of the molecule is CC(C(=O)N1CC(O)CC1c1cc(F)ccc1F)=C1CCCC1. The van der Waals surface area contributed by atoms with Crippen molar-refractivity contribution < 1.29 is 18.7 Å². The molecule has 2 fully saturated rings. The van der Waals surface area contributed by atoms with Crippen LogP contribution in [0.5, 0.6) is 0 Å². The topological polar surface area (TPSA) is 40.5 Å². The molecule has 2 atom stereocenters. The Balaban J connectivity index is 1.92. The molecule has 1 aromatic carbocycles. The molecule has 1 saturated carbocycles. The van der Waals surface area contributed by atoms with Crippen molar-refractivity contribution in [1.29, 1.82) is 0 Å². The molecule has 5 heteroatoms. The predicted molar refractivity (Wildman–Crippen MR) is 82.6 cm³/mol. The lowest BCUT2D eigenvalue weighted by Crippen LogP contribution is -2.33. The van der Waals surface area contributed by atoms with Crippen LogP contribution in [0.3, 0.4) is 0 Å². The van der Waals surface area contributed by atoms with Crippen molar-refractivity contribution in [3.63, 3.8) is 0 Å². The van der Waals surface area contributed by atoms with Crippen molar-refractivity contribution in [3.05, 3.63) is 46.5 Å². The van der Waals surface area contributed by atoms with Crippen molar-refractivity contribution in [1.82, 2.24) is 4.90 Å². The van der Waals surface area contributed by atoms with E-state index in [2.05, 4.69) is 0 Å². The highest BCUT2D eigenvalue weighted by Crippen LogP contribution is 2.36. The maximum atomic E-state index is 14.1. The molecular formula is C18H21F2NO2. The Morgan fingerprint density at radius 3 is 2.65 bits per heavy atom. The van der Waals surface area contributed by atoms with Gasteiger partial charge in [0.05, 0.1) is 12.1 Å². The zero-order valence-corrected chi connectivity index (χ0v) is 13.2. The molecule has 1 saturated heterocycles. The van der Waals surface area contributed by atoms with Gasteiger partial charge < -0.3 is 10.0 Å². The summed E-state index contributed by atoms with van der Waals surface area (Å²) in [5.41, 5.74) is 1.98. The molecular weight excluding hydrogens is 300 g/mol. The van der Waals surface area contributed by atoms with Crippen molar-refractivity contribution in [2.24, 2.45) is 0 Å². The van der Waals surface area contributed by atoms with E-state index in [1.807, 2.05) is 0 Å². The molecule has 1 aromatic rings. The zero-order valence-electron chi connectivity index (χ0n) is 13.2. The summed E-state index contributed by atoms with van der Waals surface area (Å²) in [5, 5.41) is 9.96. The summed E-state index contributed by atoms with van der Waals surface area (Å²) in [6, 6.07) is 2.63. The van der Waals surface area contributed by atoms with Gasteiger partial charge in [-0.1, -0.05) is 5.57 Å². The first-order valence-corrected chi connectivity index (χ1v) is 8.10. The normalized spacial score (nSPS) is 24.3. The Hall–Kier alpha value is -1.75. The number of hydrogen-bond acceptors (Lipinski definition) is 2. The van der Waals surface area contributed by atoms with E-state index >= 15 is 0 Å². The number of carbonyl (C=O) groups excluding carboxylic acids is 1. The van der Waals surface area contributed by atoms with Crippen molar-refractivity contribution >= 4 is 5.91 Å². The second-order valence-electron chi connectivity index (χ2n) is 6.46. The molecule has 0 bridgehead atoms. The summed E-state index contributed by atoms with van der Waals surface area (Å²) < 4.78 is 27.6. The summed E-state index contributed by atoms with van der Waals surface area (Å²) in [5.74, 6) is -1.26. The van der Waals surface area contributed by atoms with Crippen LogP contribution in [0.4, 0.5) is 8.78 Å². The maximum absolute atomic E-state index is 14.1. The maximum Gasteiger partial charge on any atom is 0.250 e. The second kappa shape index (κ2) is 6.40. The molecule has 23 heavy (non-hydrogen) atoms. The second-order valence-corrected chi connectivity index (χ2v) is 6.46. The average Bonchev–Trinajstić information content (AvgIpc) is 3.17. The summed E-state index contributed by atoms with van der Waals surface area (Å²) in [6.07, 6.45) is 3.54. The molecule has 124 valence electrons. The number of likely N-dealkylation sites (tertiary alicyclic amines) is 1. The fourth-order valence-electron chi connectivity index (χ4n) is 3.65. The summed E-state index contributed by atoms with van der Waals surface area (Å²) in [4.78, 5) is 14.3. The van der Waals surface area contributed by atoms with Crippen molar-refractivity contribution in [3.8, 4) is 0 Å². The number of aliphatic hydroxyl groups is 1. The van der Waals surface area contributed by atoms with Gasteiger partial charge in [-0.2, -0.15) is 0 Å². The molecule has 3 nitrogen and oxygen atoms in total. The number of carbonyl (C=O) groups is 1. The van der Waals surface area contributed by atoms with E-state index in [0.717, 1.165) is 49.5 Å². The predicted octanol–water partition coefficient (Wildman–Crippen LogP) is 3.49. The van der Waals surface area contributed by atoms with Crippen LogP contribution < -0.4 is 0 Å². The standard InChI is InChI=1S/C18H21F2NO2/c1-11(12-4-2-3-5-12)18(23)21-10-14(22)9-17(21)15-8-13(19)6-7-16(15)20/h6-8,14,17,22H,2-5,9-10H2,1H3. The third-order valence-corrected chi connectivity index (χ3v) is 4.92. The van der Waals surface area contributed by atoms with E-state index in [1.54, 1.807) is 6.92 Å². The van der Waals surface area contributed by atoms with Crippen LogP contribution >= 0.6 is 0 Å². The Bertz CT molecular complexity index is 648. The van der Waals surface area contributed by atoms with Gasteiger partial charge in [0.2, 0.25) is 5.91 Å². The van der Waals surface area contributed by atoms with Gasteiger partial charge in [0.25, 0.3) is 0 Å². The fraction of sp³-hybridized carbons (Fsp3) is 0.500. The van der Waals surface area contributed by atoms with Gasteiger partial charge in [-0.25, -0.2) is 8.78 Å². The number of benzene rings is 1. The van der Waals surface area contributed by atoms with E-state index in [4.69, 9.17) is 0 Å². The lowest BCUT2D eigenvalue weighted by Gasteiger charge is -2.26. The Morgan fingerprint density at radius 1 is 1.26 bits per heavy atom. The van der Waals surface area contributed by atoms with Gasteiger partial charge in [-0.15, -0.1) is 0 Å². The van der Waals surface area contributed by atoms with Crippen LogP contribution in [0.1, 0.15) is 50.6 Å². The first kappa shape index (κ1) is 16.1. The molecule has 2 unspecified atom stereocenters. The monoisotopic (exact) mass is 321 g/mol. The first-order valence-electron chi connectivity index (χ1n) is 8.10. The van der Waals surface area contributed by atoms with Gasteiger partial charge in [-0.3, -0.25) is 4.79 Å². The minimum Gasteiger partial charge on any atom is -0.391 e. The summed E-state index contributed by atoms with van der Waals surface area (Å²) in [7, 11) is 0. The molecule has 2 aliphatic rings. The number of halogens is 2. The van der Waals surface area contributed by atoms with E-state index in [0.29, 0.717) is 5.57 Å². The smallest absolute Gasteiger partial charge is 0.250 e. The van der Waals surface area contributed by atoms with E-state index in [1.165, 1.54) is 4.90 Å². The lowest BCUT2D eigenvalue weighted by molar-refractivity contribution is -0.128. The van der Waals surface area contributed by atoms with Crippen LogP contribution in [0, 0.1) is 11.6 Å². The number of rotatable bonds is 2. The van der Waals surface area contributed by atoms with E-state index in [-0.39, 0.29) is 24.4 Å². The molecule has 0 radical (unpaired) electrons. The Labute approximate surface area is 134 Å². The molecule has 1 N–H and O–H groups in total. The zero-order chi connectivity index (χ0) is 16.6. The number of amides is 1. The highest BCUT2D eigenvalue weighted by Gasteiger charge is 2.37. The number of nitrogens with zero attached hydrogens (tertiary/aromatic N) is 1. The Morgan fingerprint density at radius 2 is 1.96 bits per heavy atom. The summed E-state index contributed by atoms with van der Waals surface area (Å²) in [6.45, 7) is 1.96. The number of hydrogen-bond donors (Lipinski definition) is 1. The third kappa shape index (κ3) is 3.15. The van der Waals surface area contributed by atoms with Crippen molar-refractivity contribution in [2.45, 2.75) is 51.2 Å². The largest absolute Gasteiger partial charge is 0.391 e. The number of aliphatic hydroxyl groups excluding tert-OH is 1. The lowest BCUT2D eigenvalue weighted by atomic mass is 10.0.